The van der Waals surface area contributed by atoms with Gasteiger partial charge in [-0.3, -0.25) is 4.79 Å². The van der Waals surface area contributed by atoms with Gasteiger partial charge in [0.25, 0.3) is 5.22 Å². The van der Waals surface area contributed by atoms with Gasteiger partial charge in [0.1, 0.15) is 6.26 Å². The molecule has 0 bridgehead atoms. The number of aromatic nitrogens is 1. The number of oxazole rings is 1. The van der Waals surface area contributed by atoms with Crippen LogP contribution < -0.4 is 0 Å². The Bertz CT molecular complexity index is 447. The quantitative estimate of drug-likeness (QED) is 0.589. The fourth-order valence-corrected chi connectivity index (χ4v) is 1.76. The molecule has 0 saturated heterocycles. The van der Waals surface area contributed by atoms with Crippen LogP contribution in [-0.4, -0.2) is 16.5 Å². The standard InChI is InChI=1S/C10H9NO3S/c1-7-5-14-10(11-7)15-6-8(12)9-3-2-4-13-9/h2-5H,6H2,1H3. The summed E-state index contributed by atoms with van der Waals surface area (Å²) in [5.74, 6) is 0.569. The van der Waals surface area contributed by atoms with Crippen LogP contribution in [0, 0.1) is 6.92 Å². The molecule has 15 heavy (non-hydrogen) atoms. The predicted octanol–water partition coefficient (Wildman–Crippen LogP) is 2.55. The first kappa shape index (κ1) is 10.0. The van der Waals surface area contributed by atoms with Crippen molar-refractivity contribution >= 4 is 17.5 Å². The maximum Gasteiger partial charge on any atom is 0.256 e. The SMILES string of the molecule is Cc1coc(SCC(=O)c2ccco2)n1. The van der Waals surface area contributed by atoms with Gasteiger partial charge < -0.3 is 8.83 Å². The van der Waals surface area contributed by atoms with E-state index in [1.54, 1.807) is 18.4 Å². The van der Waals surface area contributed by atoms with Crippen molar-refractivity contribution in [2.45, 2.75) is 12.1 Å². The maximum absolute atomic E-state index is 11.5. The number of carbonyl (C=O) groups excluding carboxylic acids is 1. The second-order valence-corrected chi connectivity index (χ2v) is 3.87. The summed E-state index contributed by atoms with van der Waals surface area (Å²) in [6.07, 6.45) is 3.03. The van der Waals surface area contributed by atoms with Crippen molar-refractivity contribution in [1.82, 2.24) is 4.98 Å². The zero-order chi connectivity index (χ0) is 10.7. The summed E-state index contributed by atoms with van der Waals surface area (Å²) in [4.78, 5) is 15.6. The zero-order valence-corrected chi connectivity index (χ0v) is 8.91. The Hall–Kier alpha value is -1.49. The van der Waals surface area contributed by atoms with E-state index in [9.17, 15) is 4.79 Å². The van der Waals surface area contributed by atoms with Crippen molar-refractivity contribution in [3.05, 3.63) is 36.1 Å². The van der Waals surface area contributed by atoms with E-state index in [0.29, 0.717) is 11.0 Å². The molecule has 4 nitrogen and oxygen atoms in total. The molecule has 0 aliphatic heterocycles. The molecular formula is C10H9NO3S. The smallest absolute Gasteiger partial charge is 0.256 e. The van der Waals surface area contributed by atoms with E-state index >= 15 is 0 Å². The Morgan fingerprint density at radius 3 is 3.00 bits per heavy atom. The van der Waals surface area contributed by atoms with Crippen molar-refractivity contribution in [2.75, 3.05) is 5.75 Å². The summed E-state index contributed by atoms with van der Waals surface area (Å²) in [5, 5.41) is 0.507. The average Bonchev–Trinajstić information content (AvgIpc) is 2.84. The van der Waals surface area contributed by atoms with Crippen LogP contribution in [0.5, 0.6) is 0 Å². The topological polar surface area (TPSA) is 56.2 Å². The van der Waals surface area contributed by atoms with E-state index in [-0.39, 0.29) is 11.5 Å². The second kappa shape index (κ2) is 4.35. The zero-order valence-electron chi connectivity index (χ0n) is 8.10. The minimum Gasteiger partial charge on any atom is -0.461 e. The Morgan fingerprint density at radius 1 is 1.53 bits per heavy atom. The van der Waals surface area contributed by atoms with Gasteiger partial charge in [0.2, 0.25) is 5.78 Å². The van der Waals surface area contributed by atoms with Gasteiger partial charge in [-0.15, -0.1) is 0 Å². The van der Waals surface area contributed by atoms with Crippen LogP contribution in [0.3, 0.4) is 0 Å². The third-order valence-electron chi connectivity index (χ3n) is 1.72. The monoisotopic (exact) mass is 223 g/mol. The van der Waals surface area contributed by atoms with Crippen LogP contribution in [0.25, 0.3) is 0 Å². The highest BCUT2D eigenvalue weighted by Crippen LogP contribution is 2.18. The number of hydrogen-bond donors (Lipinski definition) is 0. The average molecular weight is 223 g/mol. The Labute approximate surface area is 90.7 Å². The molecule has 0 aliphatic carbocycles. The molecule has 2 rings (SSSR count). The largest absolute Gasteiger partial charge is 0.461 e. The van der Waals surface area contributed by atoms with E-state index in [2.05, 4.69) is 4.98 Å². The second-order valence-electron chi connectivity index (χ2n) is 2.94. The third kappa shape index (κ3) is 2.50. The van der Waals surface area contributed by atoms with Crippen molar-refractivity contribution in [3.8, 4) is 0 Å². The van der Waals surface area contributed by atoms with E-state index in [1.807, 2.05) is 6.92 Å². The Morgan fingerprint density at radius 2 is 2.40 bits per heavy atom. The molecule has 0 fully saturated rings. The number of aryl methyl sites for hydroxylation is 1. The van der Waals surface area contributed by atoms with Gasteiger partial charge in [0.05, 0.1) is 17.7 Å². The molecule has 2 aromatic rings. The normalized spacial score (nSPS) is 10.5. The number of carbonyl (C=O) groups is 1. The molecule has 0 aliphatic rings. The highest BCUT2D eigenvalue weighted by atomic mass is 32.2. The number of rotatable bonds is 4. The molecular weight excluding hydrogens is 214 g/mol. The van der Waals surface area contributed by atoms with Crippen LogP contribution in [-0.2, 0) is 0 Å². The number of ketones is 1. The van der Waals surface area contributed by atoms with Crippen LogP contribution in [0.15, 0.2) is 38.7 Å². The van der Waals surface area contributed by atoms with Crippen LogP contribution in [0.4, 0.5) is 0 Å². The number of furan rings is 1. The first-order chi connectivity index (χ1) is 7.25. The molecule has 0 unspecified atom stereocenters. The molecule has 78 valence electrons. The number of Topliss-reactive ketones (excluding diaryl/α,β-unsaturated/α-hetero) is 1. The summed E-state index contributed by atoms with van der Waals surface area (Å²) in [7, 11) is 0. The fraction of sp³-hybridized carbons (Fsp3) is 0.200. The summed E-state index contributed by atoms with van der Waals surface area (Å²) < 4.78 is 10.1. The number of nitrogens with zero attached hydrogens (tertiary/aromatic N) is 1. The molecule has 0 atom stereocenters. The van der Waals surface area contributed by atoms with Crippen LogP contribution in [0.1, 0.15) is 16.2 Å². The molecule has 0 spiro atoms. The molecule has 0 radical (unpaired) electrons. The first-order valence-electron chi connectivity index (χ1n) is 4.37. The predicted molar refractivity (Wildman–Crippen MR) is 55.0 cm³/mol. The third-order valence-corrected chi connectivity index (χ3v) is 2.56. The van der Waals surface area contributed by atoms with Gasteiger partial charge in [-0.2, -0.15) is 0 Å². The summed E-state index contributed by atoms with van der Waals surface area (Å²) >= 11 is 1.26. The summed E-state index contributed by atoms with van der Waals surface area (Å²) in [6, 6.07) is 3.33. The summed E-state index contributed by atoms with van der Waals surface area (Å²) in [5.41, 5.74) is 0.808. The van der Waals surface area contributed by atoms with Gasteiger partial charge in [0.15, 0.2) is 5.76 Å². The van der Waals surface area contributed by atoms with Crippen LogP contribution in [0.2, 0.25) is 0 Å². The van der Waals surface area contributed by atoms with Gasteiger partial charge >= 0.3 is 0 Å². The molecule has 0 amide bonds. The van der Waals surface area contributed by atoms with E-state index in [4.69, 9.17) is 8.83 Å². The van der Waals surface area contributed by atoms with E-state index in [0.717, 1.165) is 5.69 Å². The van der Waals surface area contributed by atoms with E-state index in [1.165, 1.54) is 18.0 Å². The molecule has 2 heterocycles. The lowest BCUT2D eigenvalue weighted by Gasteiger charge is -1.93. The van der Waals surface area contributed by atoms with Gasteiger partial charge in [-0.05, 0) is 19.1 Å². The minimum absolute atomic E-state index is 0.0687. The summed E-state index contributed by atoms with van der Waals surface area (Å²) in [6.45, 7) is 1.84. The number of hydrogen-bond acceptors (Lipinski definition) is 5. The molecule has 2 aromatic heterocycles. The molecule has 0 aromatic carbocycles. The fourth-order valence-electron chi connectivity index (χ4n) is 1.03. The van der Waals surface area contributed by atoms with Gasteiger partial charge in [-0.25, -0.2) is 4.98 Å². The van der Waals surface area contributed by atoms with Crippen molar-refractivity contribution in [3.63, 3.8) is 0 Å². The van der Waals surface area contributed by atoms with Crippen molar-refractivity contribution < 1.29 is 13.6 Å². The molecule has 0 N–H and O–H groups in total. The lowest BCUT2D eigenvalue weighted by Crippen LogP contribution is -2.00. The molecule has 0 saturated carbocycles. The van der Waals surface area contributed by atoms with E-state index < -0.39 is 0 Å². The highest BCUT2D eigenvalue weighted by Gasteiger charge is 2.11. The van der Waals surface area contributed by atoms with Crippen molar-refractivity contribution in [1.29, 1.82) is 0 Å². The minimum atomic E-state index is -0.0687. The van der Waals surface area contributed by atoms with Crippen LogP contribution >= 0.6 is 11.8 Å². The highest BCUT2D eigenvalue weighted by molar-refractivity contribution is 7.99. The lowest BCUT2D eigenvalue weighted by molar-refractivity contribution is 0.0992. The van der Waals surface area contributed by atoms with Gasteiger partial charge in [-0.1, -0.05) is 11.8 Å². The van der Waals surface area contributed by atoms with Crippen molar-refractivity contribution in [2.24, 2.45) is 0 Å². The Balaban J connectivity index is 1.91. The Kier molecular flexibility index (Phi) is 2.91. The number of thioether (sulfide) groups is 1. The van der Waals surface area contributed by atoms with Gasteiger partial charge in [0, 0.05) is 0 Å². The molecule has 5 heteroatoms. The lowest BCUT2D eigenvalue weighted by atomic mass is 10.3. The first-order valence-corrected chi connectivity index (χ1v) is 5.36. The maximum atomic E-state index is 11.5.